The van der Waals surface area contributed by atoms with Gasteiger partial charge in [-0.25, -0.2) is 9.97 Å². The smallest absolute Gasteiger partial charge is 0.223 e. The van der Waals surface area contributed by atoms with E-state index in [1.54, 1.807) is 6.20 Å². The zero-order valence-electron chi connectivity index (χ0n) is 11.5. The van der Waals surface area contributed by atoms with Crippen LogP contribution in [0, 0.1) is 5.41 Å². The molecule has 0 spiro atoms. The van der Waals surface area contributed by atoms with Crippen molar-refractivity contribution in [3.63, 3.8) is 0 Å². The number of anilines is 1. The van der Waals surface area contributed by atoms with Crippen molar-refractivity contribution in [2.75, 3.05) is 11.9 Å². The predicted octanol–water partition coefficient (Wildman–Crippen LogP) is 3.05. The predicted molar refractivity (Wildman–Crippen MR) is 88.8 cm³/mol. The number of hydrogen-bond donors (Lipinski definition) is 3. The third-order valence-electron chi connectivity index (χ3n) is 2.26. The van der Waals surface area contributed by atoms with E-state index in [2.05, 4.69) is 41.4 Å². The van der Waals surface area contributed by atoms with Crippen LogP contribution in [0.25, 0.3) is 5.57 Å². The minimum absolute atomic E-state index is 0.324. The van der Waals surface area contributed by atoms with E-state index in [1.165, 1.54) is 0 Å². The first-order valence-electron chi connectivity index (χ1n) is 6.32. The largest absolute Gasteiger partial charge is 0.388 e. The van der Waals surface area contributed by atoms with Gasteiger partial charge < -0.3 is 10.6 Å². The molecule has 0 radical (unpaired) electrons. The van der Waals surface area contributed by atoms with E-state index in [9.17, 15) is 0 Å². The Morgan fingerprint density at radius 2 is 2.26 bits per heavy atom. The van der Waals surface area contributed by atoms with Crippen LogP contribution in [0.5, 0.6) is 0 Å². The molecule has 104 valence electrons. The summed E-state index contributed by atoms with van der Waals surface area (Å²) in [4.78, 5) is 8.60. The molecule has 3 N–H and O–H groups in total. The molecule has 1 aromatic heterocycles. The lowest BCUT2D eigenvalue weighted by Gasteiger charge is -2.10. The third-order valence-corrected chi connectivity index (χ3v) is 2.84. The molecule has 6 heteroatoms. The number of halogens is 1. The van der Waals surface area contributed by atoms with E-state index in [0.29, 0.717) is 15.7 Å². The van der Waals surface area contributed by atoms with E-state index in [0.717, 1.165) is 24.2 Å². The zero-order valence-corrected chi connectivity index (χ0v) is 13.7. The molecular formula is C13H20IN5. The second-order valence-corrected chi connectivity index (χ2v) is 5.46. The minimum Gasteiger partial charge on any atom is -0.388 e. The topological polar surface area (TPSA) is 73.7 Å². The molecule has 0 amide bonds. The minimum atomic E-state index is 0.324. The van der Waals surface area contributed by atoms with E-state index >= 15 is 0 Å². The molecule has 0 aliphatic heterocycles. The van der Waals surface area contributed by atoms with Crippen molar-refractivity contribution in [1.82, 2.24) is 15.3 Å². The Bertz CT molecular complexity index is 456. The van der Waals surface area contributed by atoms with Gasteiger partial charge in [-0.2, -0.15) is 0 Å². The Labute approximate surface area is 128 Å². The molecule has 0 bridgehead atoms. The van der Waals surface area contributed by atoms with Crippen molar-refractivity contribution in [1.29, 1.82) is 5.41 Å². The van der Waals surface area contributed by atoms with Crippen molar-refractivity contribution >= 4 is 37.8 Å². The quantitative estimate of drug-likeness (QED) is 0.507. The average molecular weight is 373 g/mol. The molecule has 0 aliphatic rings. The summed E-state index contributed by atoms with van der Waals surface area (Å²) in [5.74, 6) is 0.604. The van der Waals surface area contributed by atoms with Gasteiger partial charge in [0.15, 0.2) is 0 Å². The Morgan fingerprint density at radius 3 is 2.84 bits per heavy atom. The summed E-state index contributed by atoms with van der Waals surface area (Å²) in [6, 6.07) is 2.14. The molecule has 1 rings (SSSR count). The summed E-state index contributed by atoms with van der Waals surface area (Å²) in [5.41, 5.74) is 1.53. The normalized spacial score (nSPS) is 11.5. The number of rotatable bonds is 7. The van der Waals surface area contributed by atoms with E-state index in [1.807, 2.05) is 34.9 Å². The fraction of sp³-hybridized carbons (Fsp3) is 0.462. The van der Waals surface area contributed by atoms with E-state index in [-0.39, 0.29) is 0 Å². The molecule has 0 aromatic carbocycles. The maximum Gasteiger partial charge on any atom is 0.223 e. The van der Waals surface area contributed by atoms with Crippen molar-refractivity contribution in [3.8, 4) is 0 Å². The van der Waals surface area contributed by atoms with Crippen LogP contribution in [0.4, 0.5) is 5.95 Å². The molecule has 0 fully saturated rings. The molecule has 1 aromatic rings. The van der Waals surface area contributed by atoms with Gasteiger partial charge in [0.25, 0.3) is 0 Å². The summed E-state index contributed by atoms with van der Waals surface area (Å²) in [5, 5.41) is 14.2. The number of aromatic nitrogens is 2. The van der Waals surface area contributed by atoms with Crippen molar-refractivity contribution in [3.05, 3.63) is 24.2 Å². The summed E-state index contributed by atoms with van der Waals surface area (Å²) < 4.78 is 0.450. The lowest BCUT2D eigenvalue weighted by molar-refractivity contribution is 0.704. The molecule has 0 saturated carbocycles. The van der Waals surface area contributed by atoms with Crippen LogP contribution in [0.2, 0.25) is 0 Å². The molecule has 5 nitrogen and oxygen atoms in total. The Balaban J connectivity index is 2.96. The van der Waals surface area contributed by atoms with Gasteiger partial charge in [-0.05, 0) is 48.9 Å². The van der Waals surface area contributed by atoms with Crippen LogP contribution in [-0.4, -0.2) is 26.3 Å². The summed E-state index contributed by atoms with van der Waals surface area (Å²) in [6.07, 6.45) is 4.57. The van der Waals surface area contributed by atoms with Gasteiger partial charge in [-0.1, -0.05) is 6.92 Å². The fourth-order valence-corrected chi connectivity index (χ4v) is 1.76. The van der Waals surface area contributed by atoms with Crippen LogP contribution in [0.3, 0.4) is 0 Å². The second-order valence-electron chi connectivity index (χ2n) is 4.39. The lowest BCUT2D eigenvalue weighted by Crippen LogP contribution is -2.17. The fourth-order valence-electron chi connectivity index (χ4n) is 1.33. The first kappa shape index (κ1) is 15.9. The Hall–Kier alpha value is -1.18. The van der Waals surface area contributed by atoms with Crippen LogP contribution >= 0.6 is 22.6 Å². The van der Waals surface area contributed by atoms with E-state index < -0.39 is 0 Å². The van der Waals surface area contributed by atoms with Crippen LogP contribution < -0.4 is 10.6 Å². The van der Waals surface area contributed by atoms with Crippen molar-refractivity contribution in [2.45, 2.75) is 33.2 Å². The molecular weight excluding hydrogens is 353 g/mol. The molecule has 1 heterocycles. The SMILES string of the molecule is CCCNc1nccc(/C(=C/NC(C)C)C(=N)I)n1. The van der Waals surface area contributed by atoms with Gasteiger partial charge in [0.2, 0.25) is 5.95 Å². The zero-order chi connectivity index (χ0) is 14.3. The second kappa shape index (κ2) is 8.08. The van der Waals surface area contributed by atoms with Crippen molar-refractivity contribution in [2.24, 2.45) is 0 Å². The summed E-state index contributed by atoms with van der Waals surface area (Å²) in [6.45, 7) is 7.04. The molecule has 0 unspecified atom stereocenters. The van der Waals surface area contributed by atoms with Crippen LogP contribution in [0.1, 0.15) is 32.9 Å². The number of allylic oxidation sites excluding steroid dienone is 1. The molecule has 0 saturated heterocycles. The lowest BCUT2D eigenvalue weighted by atomic mass is 10.2. The Kier molecular flexibility index (Phi) is 6.75. The van der Waals surface area contributed by atoms with Gasteiger partial charge in [0, 0.05) is 30.6 Å². The maximum atomic E-state index is 7.84. The van der Waals surface area contributed by atoms with Crippen molar-refractivity contribution < 1.29 is 0 Å². The van der Waals surface area contributed by atoms with Crippen LogP contribution in [0.15, 0.2) is 18.5 Å². The molecule has 19 heavy (non-hydrogen) atoms. The highest BCUT2D eigenvalue weighted by molar-refractivity contribution is 14.1. The highest BCUT2D eigenvalue weighted by Crippen LogP contribution is 2.17. The highest BCUT2D eigenvalue weighted by atomic mass is 127. The third kappa shape index (κ3) is 5.54. The maximum absolute atomic E-state index is 7.84. The van der Waals surface area contributed by atoms with Gasteiger partial charge in [0.1, 0.15) is 3.72 Å². The summed E-state index contributed by atoms with van der Waals surface area (Å²) >= 11 is 1.99. The van der Waals surface area contributed by atoms with Gasteiger partial charge in [0.05, 0.1) is 5.69 Å². The van der Waals surface area contributed by atoms with Crippen LogP contribution in [-0.2, 0) is 0 Å². The number of nitrogens with zero attached hydrogens (tertiary/aromatic N) is 2. The van der Waals surface area contributed by atoms with E-state index in [4.69, 9.17) is 5.41 Å². The monoisotopic (exact) mass is 373 g/mol. The Morgan fingerprint density at radius 1 is 1.53 bits per heavy atom. The molecule has 0 atom stereocenters. The van der Waals surface area contributed by atoms with Gasteiger partial charge in [-0.15, -0.1) is 0 Å². The summed E-state index contributed by atoms with van der Waals surface area (Å²) in [7, 11) is 0. The first-order chi connectivity index (χ1) is 9.04. The number of hydrogen-bond acceptors (Lipinski definition) is 5. The van der Waals surface area contributed by atoms with Gasteiger partial charge in [-0.3, -0.25) is 5.41 Å². The first-order valence-corrected chi connectivity index (χ1v) is 7.40. The van der Waals surface area contributed by atoms with Gasteiger partial charge >= 0.3 is 0 Å². The highest BCUT2D eigenvalue weighted by Gasteiger charge is 2.08. The number of nitrogens with one attached hydrogen (secondary N) is 3. The average Bonchev–Trinajstić information content (AvgIpc) is 2.36. The standard InChI is InChI=1S/C13H20IN5/c1-4-6-16-13-17-7-5-11(19-13)10(12(14)15)8-18-9(2)3/h5,7-9,15,18H,4,6H2,1-3H3,(H,16,17,19)/b10-8-,15-12?. The molecule has 0 aliphatic carbocycles.